The zero-order chi connectivity index (χ0) is 14.8. The summed E-state index contributed by atoms with van der Waals surface area (Å²) < 4.78 is 0.909. The second kappa shape index (κ2) is 6.00. The van der Waals surface area contributed by atoms with Gasteiger partial charge in [-0.15, -0.1) is 0 Å². The summed E-state index contributed by atoms with van der Waals surface area (Å²) in [5.74, 6) is 0.00839. The highest BCUT2D eigenvalue weighted by atomic mass is 79.9. The number of halogens is 1. The van der Waals surface area contributed by atoms with Crippen molar-refractivity contribution in [1.29, 1.82) is 0 Å². The van der Waals surface area contributed by atoms with Gasteiger partial charge in [-0.3, -0.25) is 4.79 Å². The smallest absolute Gasteiger partial charge is 0.241 e. The van der Waals surface area contributed by atoms with Gasteiger partial charge in [0.05, 0.1) is 11.7 Å². The Morgan fingerprint density at radius 2 is 2.00 bits per heavy atom. The Morgan fingerprint density at radius 3 is 2.76 bits per heavy atom. The molecule has 108 valence electrons. The average molecular weight is 345 g/mol. The second-order valence-corrected chi connectivity index (χ2v) is 6.23. The van der Waals surface area contributed by atoms with Crippen LogP contribution >= 0.6 is 15.9 Å². The van der Waals surface area contributed by atoms with Crippen molar-refractivity contribution in [3.05, 3.63) is 63.6 Å². The van der Waals surface area contributed by atoms with Gasteiger partial charge in [-0.25, -0.2) is 0 Å². The minimum atomic E-state index is -0.187. The molecular weight excluding hydrogens is 328 g/mol. The number of amides is 1. The molecule has 0 aliphatic carbocycles. The first-order valence-electron chi connectivity index (χ1n) is 7.00. The molecule has 1 heterocycles. The van der Waals surface area contributed by atoms with E-state index >= 15 is 0 Å². The van der Waals surface area contributed by atoms with E-state index in [4.69, 9.17) is 0 Å². The Hall–Kier alpha value is -1.65. The lowest BCUT2D eigenvalue weighted by Gasteiger charge is -2.25. The largest absolute Gasteiger partial charge is 0.324 e. The minimum absolute atomic E-state index is 0.00839. The van der Waals surface area contributed by atoms with Crippen molar-refractivity contribution in [1.82, 2.24) is 5.32 Å². The zero-order valence-corrected chi connectivity index (χ0v) is 13.4. The number of aryl methyl sites for hydroxylation is 1. The first-order chi connectivity index (χ1) is 10.1. The molecule has 1 amide bonds. The summed E-state index contributed by atoms with van der Waals surface area (Å²) in [6, 6.07) is 14.0. The van der Waals surface area contributed by atoms with Crippen LogP contribution in [0.2, 0.25) is 0 Å². The summed E-state index contributed by atoms with van der Waals surface area (Å²) in [5, 5.41) is 6.29. The molecule has 0 fully saturated rings. The third-order valence-electron chi connectivity index (χ3n) is 3.78. The highest BCUT2D eigenvalue weighted by molar-refractivity contribution is 9.10. The van der Waals surface area contributed by atoms with Gasteiger partial charge in [0.25, 0.3) is 0 Å². The SMILES string of the molecule is Cc1ccc(NC(=O)[C@H]2Cc3ccccc3CN2)c(Br)c1. The zero-order valence-electron chi connectivity index (χ0n) is 11.8. The summed E-state index contributed by atoms with van der Waals surface area (Å²) >= 11 is 3.49. The van der Waals surface area contributed by atoms with Gasteiger partial charge in [-0.2, -0.15) is 0 Å². The van der Waals surface area contributed by atoms with Crippen molar-refractivity contribution >= 4 is 27.5 Å². The van der Waals surface area contributed by atoms with Crippen molar-refractivity contribution in [3.63, 3.8) is 0 Å². The number of benzene rings is 2. The third-order valence-corrected chi connectivity index (χ3v) is 4.44. The number of hydrogen-bond donors (Lipinski definition) is 2. The fraction of sp³-hybridized carbons (Fsp3) is 0.235. The number of hydrogen-bond acceptors (Lipinski definition) is 2. The third kappa shape index (κ3) is 3.17. The molecule has 0 spiro atoms. The van der Waals surface area contributed by atoms with Crippen LogP contribution in [0, 0.1) is 6.92 Å². The van der Waals surface area contributed by atoms with Gasteiger partial charge in [0.1, 0.15) is 0 Å². The standard InChI is InChI=1S/C17H17BrN2O/c1-11-6-7-15(14(18)8-11)20-17(21)16-9-12-4-2-3-5-13(12)10-19-16/h2-8,16,19H,9-10H2,1H3,(H,20,21)/t16-/m1/s1. The maximum atomic E-state index is 12.4. The summed E-state index contributed by atoms with van der Waals surface area (Å²) in [6.07, 6.45) is 0.728. The fourth-order valence-electron chi connectivity index (χ4n) is 2.58. The highest BCUT2D eigenvalue weighted by Crippen LogP contribution is 2.24. The molecule has 1 aliphatic rings. The van der Waals surface area contributed by atoms with E-state index in [9.17, 15) is 4.79 Å². The van der Waals surface area contributed by atoms with Crippen molar-refractivity contribution in [2.45, 2.75) is 25.9 Å². The molecule has 1 atom stereocenters. The Morgan fingerprint density at radius 1 is 1.24 bits per heavy atom. The number of anilines is 1. The lowest BCUT2D eigenvalue weighted by Crippen LogP contribution is -2.44. The minimum Gasteiger partial charge on any atom is -0.324 e. The van der Waals surface area contributed by atoms with Crippen LogP contribution in [0.1, 0.15) is 16.7 Å². The van der Waals surface area contributed by atoms with Gasteiger partial charge in [0, 0.05) is 11.0 Å². The van der Waals surface area contributed by atoms with E-state index in [1.54, 1.807) is 0 Å². The Labute approximate surface area is 132 Å². The van der Waals surface area contributed by atoms with E-state index in [1.165, 1.54) is 11.1 Å². The summed E-state index contributed by atoms with van der Waals surface area (Å²) in [6.45, 7) is 2.76. The number of carbonyl (C=O) groups excluding carboxylic acids is 1. The van der Waals surface area contributed by atoms with E-state index in [0.717, 1.165) is 28.7 Å². The van der Waals surface area contributed by atoms with Crippen molar-refractivity contribution in [3.8, 4) is 0 Å². The van der Waals surface area contributed by atoms with E-state index in [0.29, 0.717) is 0 Å². The average Bonchev–Trinajstić information content (AvgIpc) is 2.49. The van der Waals surface area contributed by atoms with Crippen LogP contribution in [0.5, 0.6) is 0 Å². The quantitative estimate of drug-likeness (QED) is 0.876. The van der Waals surface area contributed by atoms with Gasteiger partial charge in [-0.05, 0) is 58.1 Å². The molecule has 0 radical (unpaired) electrons. The number of carbonyl (C=O) groups is 1. The first kappa shape index (κ1) is 14.3. The maximum absolute atomic E-state index is 12.4. The molecule has 0 unspecified atom stereocenters. The molecule has 2 N–H and O–H groups in total. The molecule has 0 aromatic heterocycles. The van der Waals surface area contributed by atoms with Crippen LogP contribution in [-0.4, -0.2) is 11.9 Å². The van der Waals surface area contributed by atoms with Crippen LogP contribution in [0.3, 0.4) is 0 Å². The predicted molar refractivity (Wildman–Crippen MR) is 88.3 cm³/mol. The van der Waals surface area contributed by atoms with Crippen LogP contribution < -0.4 is 10.6 Å². The first-order valence-corrected chi connectivity index (χ1v) is 7.80. The molecule has 1 aliphatic heterocycles. The summed E-state index contributed by atoms with van der Waals surface area (Å²) in [5.41, 5.74) is 4.49. The molecule has 2 aromatic carbocycles. The van der Waals surface area contributed by atoms with Crippen molar-refractivity contribution in [2.75, 3.05) is 5.32 Å². The molecule has 0 bridgehead atoms. The van der Waals surface area contributed by atoms with Gasteiger partial charge >= 0.3 is 0 Å². The van der Waals surface area contributed by atoms with E-state index in [-0.39, 0.29) is 11.9 Å². The Bertz CT molecular complexity index is 684. The van der Waals surface area contributed by atoms with Crippen molar-refractivity contribution in [2.24, 2.45) is 0 Å². The van der Waals surface area contributed by atoms with Crippen LogP contribution in [-0.2, 0) is 17.8 Å². The molecule has 0 saturated carbocycles. The molecular formula is C17H17BrN2O. The van der Waals surface area contributed by atoms with Crippen LogP contribution in [0.4, 0.5) is 5.69 Å². The van der Waals surface area contributed by atoms with Gasteiger partial charge in [0.2, 0.25) is 5.91 Å². The molecule has 21 heavy (non-hydrogen) atoms. The van der Waals surface area contributed by atoms with Gasteiger partial charge in [-0.1, -0.05) is 30.3 Å². The topological polar surface area (TPSA) is 41.1 Å². The lowest BCUT2D eigenvalue weighted by molar-refractivity contribution is -0.118. The van der Waals surface area contributed by atoms with E-state index < -0.39 is 0 Å². The molecule has 3 nitrogen and oxygen atoms in total. The van der Waals surface area contributed by atoms with Crippen LogP contribution in [0.15, 0.2) is 46.9 Å². The fourth-order valence-corrected chi connectivity index (χ4v) is 3.17. The van der Waals surface area contributed by atoms with Crippen LogP contribution in [0.25, 0.3) is 0 Å². The lowest BCUT2D eigenvalue weighted by atomic mass is 9.95. The maximum Gasteiger partial charge on any atom is 0.241 e. The molecule has 4 heteroatoms. The Kier molecular flexibility index (Phi) is 4.08. The molecule has 2 aromatic rings. The monoisotopic (exact) mass is 344 g/mol. The predicted octanol–water partition coefficient (Wildman–Crippen LogP) is 3.41. The summed E-state index contributed by atoms with van der Waals surface area (Å²) in [7, 11) is 0. The molecule has 3 rings (SSSR count). The number of rotatable bonds is 2. The molecule has 0 saturated heterocycles. The Balaban J connectivity index is 1.72. The highest BCUT2D eigenvalue weighted by Gasteiger charge is 2.24. The second-order valence-electron chi connectivity index (χ2n) is 5.38. The number of fused-ring (bicyclic) bond motifs is 1. The van der Waals surface area contributed by atoms with Gasteiger partial charge in [0.15, 0.2) is 0 Å². The van der Waals surface area contributed by atoms with E-state index in [2.05, 4.69) is 38.7 Å². The van der Waals surface area contributed by atoms with Crippen molar-refractivity contribution < 1.29 is 4.79 Å². The van der Waals surface area contributed by atoms with Gasteiger partial charge < -0.3 is 10.6 Å². The normalized spacial score (nSPS) is 17.1. The summed E-state index contributed by atoms with van der Waals surface area (Å²) in [4.78, 5) is 12.4. The number of nitrogens with one attached hydrogen (secondary N) is 2. The van der Waals surface area contributed by atoms with E-state index in [1.807, 2.05) is 37.3 Å².